The van der Waals surface area contributed by atoms with E-state index < -0.39 is 23.5 Å². The van der Waals surface area contributed by atoms with Gasteiger partial charge < -0.3 is 0 Å². The monoisotopic (exact) mass is 692 g/mol. The van der Waals surface area contributed by atoms with Crippen molar-refractivity contribution in [3.05, 3.63) is 167 Å². The zero-order chi connectivity index (χ0) is 36.4. The van der Waals surface area contributed by atoms with Crippen molar-refractivity contribution in [2.45, 2.75) is 12.4 Å². The first-order valence-electron chi connectivity index (χ1n) is 16.1. The Morgan fingerprint density at radius 1 is 0.385 bits per heavy atom. The average Bonchev–Trinajstić information content (AvgIpc) is 3.62. The molecule has 0 fully saturated rings. The third-order valence-electron chi connectivity index (χ3n) is 9.59. The zero-order valence-corrected chi connectivity index (χ0v) is 26.9. The molecule has 52 heavy (non-hydrogen) atoms. The maximum Gasteiger partial charge on any atom is 0.416 e. The lowest BCUT2D eigenvalue weighted by molar-refractivity contribution is -0.138. The van der Waals surface area contributed by atoms with E-state index in [1.807, 2.05) is 48.5 Å². The third-order valence-corrected chi connectivity index (χ3v) is 9.59. The number of halogens is 6. The molecule has 2 nitrogen and oxygen atoms in total. The van der Waals surface area contributed by atoms with Crippen LogP contribution in [-0.4, -0.2) is 0 Å². The Balaban J connectivity index is 1.37. The first-order valence-corrected chi connectivity index (χ1v) is 16.1. The molecule has 0 unspecified atom stereocenters. The van der Waals surface area contributed by atoms with Crippen LogP contribution in [0.4, 0.5) is 26.3 Å². The standard InChI is InChI=1S/C44H22F6N2/c45-43(46,47)30-10-4-8-26(20-30)28-12-14-32-36(22-28)35(17-19-52)42-38(32)24-39-33(16-18-51)37-23-29(27-9-5-11-31(21-27)44(48,49)50)13-15-34(37)41(39)40(42)25-6-2-1-3-7-25/h1-17,20-24H/b33-16+,35-17+. The molecule has 8 heteroatoms. The van der Waals surface area contributed by atoms with Gasteiger partial charge in [-0.05, 0) is 120 Å². The van der Waals surface area contributed by atoms with Gasteiger partial charge in [0, 0.05) is 23.3 Å². The second kappa shape index (κ2) is 12.0. The Morgan fingerprint density at radius 2 is 0.885 bits per heavy atom. The van der Waals surface area contributed by atoms with Crippen molar-refractivity contribution in [1.82, 2.24) is 0 Å². The molecule has 0 N–H and O–H groups in total. The third kappa shape index (κ3) is 5.28. The second-order valence-electron chi connectivity index (χ2n) is 12.5. The topological polar surface area (TPSA) is 47.6 Å². The summed E-state index contributed by atoms with van der Waals surface area (Å²) < 4.78 is 81.7. The van der Waals surface area contributed by atoms with E-state index in [1.165, 1.54) is 24.3 Å². The minimum absolute atomic E-state index is 0.375. The van der Waals surface area contributed by atoms with Crippen LogP contribution in [0.1, 0.15) is 33.4 Å². The van der Waals surface area contributed by atoms with E-state index in [0.29, 0.717) is 44.5 Å². The summed E-state index contributed by atoms with van der Waals surface area (Å²) >= 11 is 0. The Kier molecular flexibility index (Phi) is 7.51. The number of hydrogen-bond acceptors (Lipinski definition) is 2. The van der Waals surface area contributed by atoms with E-state index >= 15 is 0 Å². The lowest BCUT2D eigenvalue weighted by Crippen LogP contribution is -2.04. The van der Waals surface area contributed by atoms with Gasteiger partial charge in [-0.1, -0.05) is 78.9 Å². The summed E-state index contributed by atoms with van der Waals surface area (Å²) in [5.74, 6) is 0. The molecular weight excluding hydrogens is 670 g/mol. The highest BCUT2D eigenvalue weighted by Crippen LogP contribution is 2.58. The van der Waals surface area contributed by atoms with Gasteiger partial charge in [0.25, 0.3) is 0 Å². The summed E-state index contributed by atoms with van der Waals surface area (Å²) in [7, 11) is 0. The summed E-state index contributed by atoms with van der Waals surface area (Å²) in [6.07, 6.45) is -6.16. The molecule has 8 rings (SSSR count). The largest absolute Gasteiger partial charge is 0.416 e. The summed E-state index contributed by atoms with van der Waals surface area (Å²) in [6.45, 7) is 0. The van der Waals surface area contributed by atoms with Crippen LogP contribution in [0.15, 0.2) is 133 Å². The summed E-state index contributed by atoms with van der Waals surface area (Å²) in [6, 6.07) is 36.8. The predicted molar refractivity (Wildman–Crippen MR) is 189 cm³/mol. The molecule has 0 saturated heterocycles. The van der Waals surface area contributed by atoms with Crippen LogP contribution in [0.3, 0.4) is 0 Å². The first-order chi connectivity index (χ1) is 25.0. The maximum atomic E-state index is 13.6. The molecule has 0 saturated carbocycles. The number of benzene rings is 6. The van der Waals surface area contributed by atoms with E-state index in [0.717, 1.165) is 68.8 Å². The molecule has 0 aromatic heterocycles. The SMILES string of the molecule is N#C/C=C1\c2cc(-c3cccc(C(F)(F)F)c3)ccc2-c2c1cc1c(c2-c2ccccc2)/C(=C/C#N)c2cc(-c3cccc(C(F)(F)F)c3)ccc2-1. The Hall–Kier alpha value is -6.64. The van der Waals surface area contributed by atoms with Crippen molar-refractivity contribution >= 4 is 11.1 Å². The molecule has 6 aromatic carbocycles. The van der Waals surface area contributed by atoms with Gasteiger partial charge in [-0.3, -0.25) is 0 Å². The molecule has 0 atom stereocenters. The molecule has 0 spiro atoms. The van der Waals surface area contributed by atoms with Crippen molar-refractivity contribution in [3.63, 3.8) is 0 Å². The van der Waals surface area contributed by atoms with E-state index in [4.69, 9.17) is 0 Å². The van der Waals surface area contributed by atoms with Gasteiger partial charge in [0.15, 0.2) is 0 Å². The first kappa shape index (κ1) is 32.6. The normalized spacial score (nSPS) is 14.4. The van der Waals surface area contributed by atoms with Crippen LogP contribution in [0.5, 0.6) is 0 Å². The molecule has 2 aliphatic carbocycles. The molecule has 250 valence electrons. The number of allylic oxidation sites excluding steroid dienone is 2. The predicted octanol–water partition coefficient (Wildman–Crippen LogP) is 12.6. The fourth-order valence-electron chi connectivity index (χ4n) is 7.37. The van der Waals surface area contributed by atoms with E-state index in [-0.39, 0.29) is 0 Å². The van der Waals surface area contributed by atoms with Gasteiger partial charge in [-0.2, -0.15) is 36.9 Å². The fraction of sp³-hybridized carbons (Fsp3) is 0.0455. The minimum atomic E-state index is -4.52. The zero-order valence-electron chi connectivity index (χ0n) is 26.9. The lowest BCUT2D eigenvalue weighted by atomic mass is 9.85. The Labute approximate surface area is 294 Å². The minimum Gasteiger partial charge on any atom is -0.193 e. The quantitative estimate of drug-likeness (QED) is 0.137. The number of nitriles is 2. The van der Waals surface area contributed by atoms with Gasteiger partial charge in [0.1, 0.15) is 0 Å². The highest BCUT2D eigenvalue weighted by atomic mass is 19.4. The van der Waals surface area contributed by atoms with Gasteiger partial charge in [-0.15, -0.1) is 0 Å². The number of hydrogen-bond donors (Lipinski definition) is 0. The molecule has 2 aliphatic rings. The second-order valence-corrected chi connectivity index (χ2v) is 12.5. The van der Waals surface area contributed by atoms with Crippen LogP contribution in [0.25, 0.3) is 66.8 Å². The molecule has 0 aliphatic heterocycles. The summed E-state index contributed by atoms with van der Waals surface area (Å²) in [5.41, 5.74) is 9.10. The van der Waals surface area contributed by atoms with Gasteiger partial charge in [0.2, 0.25) is 0 Å². The molecule has 6 aromatic rings. The van der Waals surface area contributed by atoms with Crippen molar-refractivity contribution in [1.29, 1.82) is 10.5 Å². The van der Waals surface area contributed by atoms with Crippen LogP contribution < -0.4 is 0 Å². The van der Waals surface area contributed by atoms with Crippen LogP contribution in [0.2, 0.25) is 0 Å². The lowest BCUT2D eigenvalue weighted by Gasteiger charge is -2.17. The molecule has 0 bridgehead atoms. The summed E-state index contributed by atoms with van der Waals surface area (Å²) in [4.78, 5) is 0. The Bertz CT molecular complexity index is 2610. The molecule has 0 amide bonds. The van der Waals surface area contributed by atoms with Crippen molar-refractivity contribution in [2.24, 2.45) is 0 Å². The van der Waals surface area contributed by atoms with Gasteiger partial charge in [-0.25, -0.2) is 0 Å². The van der Waals surface area contributed by atoms with Crippen molar-refractivity contribution < 1.29 is 26.3 Å². The van der Waals surface area contributed by atoms with Crippen LogP contribution in [-0.2, 0) is 12.4 Å². The van der Waals surface area contributed by atoms with E-state index in [2.05, 4.69) is 12.1 Å². The molecular formula is C44H22F6N2. The number of alkyl halides is 6. The van der Waals surface area contributed by atoms with E-state index in [1.54, 1.807) is 36.4 Å². The molecule has 0 heterocycles. The van der Waals surface area contributed by atoms with E-state index in [9.17, 15) is 36.9 Å². The number of nitrogens with zero attached hydrogens (tertiary/aromatic N) is 2. The van der Waals surface area contributed by atoms with Crippen molar-refractivity contribution in [2.75, 3.05) is 0 Å². The van der Waals surface area contributed by atoms with Gasteiger partial charge >= 0.3 is 12.4 Å². The smallest absolute Gasteiger partial charge is 0.193 e. The fourth-order valence-corrected chi connectivity index (χ4v) is 7.37. The van der Waals surface area contributed by atoms with Crippen molar-refractivity contribution in [3.8, 4) is 67.8 Å². The Morgan fingerprint density at radius 3 is 1.44 bits per heavy atom. The highest BCUT2D eigenvalue weighted by Gasteiger charge is 2.36. The highest BCUT2D eigenvalue weighted by molar-refractivity contribution is 6.16. The number of fused-ring (bicyclic) bond motifs is 6. The molecule has 0 radical (unpaired) electrons. The van der Waals surface area contributed by atoms with Crippen LogP contribution >= 0.6 is 0 Å². The van der Waals surface area contributed by atoms with Gasteiger partial charge in [0.05, 0.1) is 23.3 Å². The number of rotatable bonds is 3. The van der Waals surface area contributed by atoms with Crippen LogP contribution in [0, 0.1) is 22.7 Å². The maximum absolute atomic E-state index is 13.6. The summed E-state index contributed by atoms with van der Waals surface area (Å²) in [5, 5.41) is 20.0. The average molecular weight is 693 g/mol.